The van der Waals surface area contributed by atoms with Crippen LogP contribution in [0.15, 0.2) is 35.5 Å². The Morgan fingerprint density at radius 2 is 1.74 bits per heavy atom. The van der Waals surface area contributed by atoms with Crippen LogP contribution in [0.5, 0.6) is 5.75 Å². The van der Waals surface area contributed by atoms with Crippen LogP contribution >= 0.6 is 23.4 Å². The van der Waals surface area contributed by atoms with Gasteiger partial charge in [0.15, 0.2) is 5.16 Å². The topological polar surface area (TPSA) is 35.0 Å². The summed E-state index contributed by atoms with van der Waals surface area (Å²) in [7, 11) is 0. The number of aromatic nitrogens is 2. The highest BCUT2D eigenvalue weighted by atomic mass is 35.5. The summed E-state index contributed by atoms with van der Waals surface area (Å²) < 4.78 is 5.61. The maximum Gasteiger partial charge on any atom is 0.188 e. The Bertz CT molecular complexity index is 525. The van der Waals surface area contributed by atoms with Crippen molar-refractivity contribution in [1.82, 2.24) is 9.97 Å². The predicted molar refractivity (Wildman–Crippen MR) is 79.2 cm³/mol. The smallest absolute Gasteiger partial charge is 0.188 e. The summed E-state index contributed by atoms with van der Waals surface area (Å²) >= 11 is 7.40. The fraction of sp³-hybridized carbons (Fsp3) is 0.286. The summed E-state index contributed by atoms with van der Waals surface area (Å²) in [6, 6.07) is 9.32. The molecule has 0 aliphatic heterocycles. The normalized spacial score (nSPS) is 10.5. The Labute approximate surface area is 122 Å². The van der Waals surface area contributed by atoms with Gasteiger partial charge >= 0.3 is 0 Å². The van der Waals surface area contributed by atoms with Gasteiger partial charge in [0.25, 0.3) is 0 Å². The van der Waals surface area contributed by atoms with Crippen LogP contribution < -0.4 is 4.74 Å². The number of halogens is 1. The van der Waals surface area contributed by atoms with Crippen LogP contribution in [0.2, 0.25) is 5.02 Å². The summed E-state index contributed by atoms with van der Waals surface area (Å²) in [6.45, 7) is 4.56. The number of aryl methyl sites for hydroxylation is 2. The van der Waals surface area contributed by atoms with Gasteiger partial charge in [-0.3, -0.25) is 0 Å². The van der Waals surface area contributed by atoms with E-state index in [2.05, 4.69) is 9.97 Å². The van der Waals surface area contributed by atoms with Crippen LogP contribution in [0.3, 0.4) is 0 Å². The molecule has 5 heteroatoms. The van der Waals surface area contributed by atoms with Crippen molar-refractivity contribution in [2.24, 2.45) is 0 Å². The lowest BCUT2D eigenvalue weighted by Crippen LogP contribution is -2.01. The first kappa shape index (κ1) is 14.2. The van der Waals surface area contributed by atoms with Gasteiger partial charge < -0.3 is 4.74 Å². The summed E-state index contributed by atoms with van der Waals surface area (Å²) in [6.07, 6.45) is 0. The second-order valence-electron chi connectivity index (χ2n) is 4.08. The molecule has 1 heterocycles. The average Bonchev–Trinajstić information content (AvgIpc) is 2.36. The van der Waals surface area contributed by atoms with Gasteiger partial charge in [0.05, 0.1) is 6.61 Å². The van der Waals surface area contributed by atoms with E-state index in [9.17, 15) is 0 Å². The van der Waals surface area contributed by atoms with Crippen LogP contribution in [0.4, 0.5) is 0 Å². The van der Waals surface area contributed by atoms with Crippen molar-refractivity contribution < 1.29 is 4.74 Å². The highest BCUT2D eigenvalue weighted by molar-refractivity contribution is 7.99. The Hall–Kier alpha value is -1.26. The van der Waals surface area contributed by atoms with E-state index in [1.54, 1.807) is 11.8 Å². The minimum atomic E-state index is 0.614. The summed E-state index contributed by atoms with van der Waals surface area (Å²) in [5.41, 5.74) is 1.99. The van der Waals surface area contributed by atoms with Crippen molar-refractivity contribution in [3.63, 3.8) is 0 Å². The Morgan fingerprint density at radius 3 is 2.37 bits per heavy atom. The molecule has 100 valence electrons. The van der Waals surface area contributed by atoms with E-state index < -0.39 is 0 Å². The molecule has 1 aromatic carbocycles. The van der Waals surface area contributed by atoms with Gasteiger partial charge in [0.1, 0.15) is 5.75 Å². The second-order valence-corrected chi connectivity index (χ2v) is 5.58. The zero-order valence-corrected chi connectivity index (χ0v) is 12.5. The molecule has 0 atom stereocenters. The van der Waals surface area contributed by atoms with Crippen LogP contribution in [0.1, 0.15) is 11.4 Å². The van der Waals surface area contributed by atoms with Crippen LogP contribution in [0, 0.1) is 13.8 Å². The Kier molecular flexibility index (Phi) is 5.05. The molecule has 2 rings (SSSR count). The fourth-order valence-electron chi connectivity index (χ4n) is 1.58. The van der Waals surface area contributed by atoms with Crippen LogP contribution in [-0.2, 0) is 0 Å². The number of nitrogens with zero attached hydrogens (tertiary/aromatic N) is 2. The van der Waals surface area contributed by atoms with E-state index in [4.69, 9.17) is 16.3 Å². The minimum Gasteiger partial charge on any atom is -0.493 e. The molecular formula is C14H15ClN2OS. The van der Waals surface area contributed by atoms with Gasteiger partial charge in [-0.25, -0.2) is 9.97 Å². The predicted octanol–water partition coefficient (Wildman–Crippen LogP) is 3.92. The molecule has 0 spiro atoms. The number of ether oxygens (including phenoxy) is 1. The number of benzene rings is 1. The fourth-order valence-corrected chi connectivity index (χ4v) is 2.47. The highest BCUT2D eigenvalue weighted by Crippen LogP contribution is 2.17. The first-order valence-corrected chi connectivity index (χ1v) is 7.33. The van der Waals surface area contributed by atoms with Gasteiger partial charge in [-0.15, -0.1) is 0 Å². The van der Waals surface area contributed by atoms with E-state index in [-0.39, 0.29) is 0 Å². The zero-order chi connectivity index (χ0) is 13.7. The molecule has 0 saturated carbocycles. The van der Waals surface area contributed by atoms with E-state index in [1.165, 1.54) is 0 Å². The van der Waals surface area contributed by atoms with Gasteiger partial charge in [-0.1, -0.05) is 23.4 Å². The lowest BCUT2D eigenvalue weighted by Gasteiger charge is -2.06. The maximum absolute atomic E-state index is 5.81. The standard InChI is InChI=1S/C14H15ClN2OS/c1-10-9-11(2)17-14(16-10)19-8-7-18-13-5-3-12(15)4-6-13/h3-6,9H,7-8H2,1-2H3. The van der Waals surface area contributed by atoms with Crippen molar-refractivity contribution in [1.29, 1.82) is 0 Å². The van der Waals surface area contributed by atoms with Crippen molar-refractivity contribution in [3.05, 3.63) is 46.7 Å². The molecule has 3 nitrogen and oxygen atoms in total. The number of hydrogen-bond donors (Lipinski definition) is 0. The first-order chi connectivity index (χ1) is 9.13. The molecule has 0 amide bonds. The molecule has 0 unspecified atom stereocenters. The lowest BCUT2D eigenvalue weighted by atomic mass is 10.3. The third-order valence-corrected chi connectivity index (χ3v) is 3.42. The molecule has 0 aliphatic rings. The second kappa shape index (κ2) is 6.78. The molecule has 0 fully saturated rings. The third-order valence-electron chi connectivity index (χ3n) is 2.36. The summed E-state index contributed by atoms with van der Waals surface area (Å²) in [5.74, 6) is 1.64. The van der Waals surface area contributed by atoms with Gasteiger partial charge in [0, 0.05) is 22.2 Å². The lowest BCUT2D eigenvalue weighted by molar-refractivity contribution is 0.344. The third kappa shape index (κ3) is 4.73. The molecule has 19 heavy (non-hydrogen) atoms. The molecule has 0 saturated heterocycles. The molecule has 1 aromatic heterocycles. The van der Waals surface area contributed by atoms with Crippen LogP contribution in [-0.4, -0.2) is 22.3 Å². The quantitative estimate of drug-likeness (QED) is 0.476. The van der Waals surface area contributed by atoms with Crippen LogP contribution in [0.25, 0.3) is 0 Å². The van der Waals surface area contributed by atoms with E-state index in [0.717, 1.165) is 28.0 Å². The Balaban J connectivity index is 1.79. The van der Waals surface area contributed by atoms with Crippen molar-refractivity contribution >= 4 is 23.4 Å². The van der Waals surface area contributed by atoms with Gasteiger partial charge in [-0.2, -0.15) is 0 Å². The van der Waals surface area contributed by atoms with Crippen molar-refractivity contribution in [2.45, 2.75) is 19.0 Å². The number of rotatable bonds is 5. The summed E-state index contributed by atoms with van der Waals surface area (Å²) in [5, 5.41) is 1.52. The van der Waals surface area contributed by atoms with E-state index >= 15 is 0 Å². The average molecular weight is 295 g/mol. The molecule has 0 aliphatic carbocycles. The largest absolute Gasteiger partial charge is 0.493 e. The monoisotopic (exact) mass is 294 g/mol. The van der Waals surface area contributed by atoms with Crippen molar-refractivity contribution in [3.8, 4) is 5.75 Å². The highest BCUT2D eigenvalue weighted by Gasteiger charge is 2.01. The zero-order valence-electron chi connectivity index (χ0n) is 10.9. The maximum atomic E-state index is 5.81. The number of thioether (sulfide) groups is 1. The molecule has 2 aromatic rings. The molecule has 0 N–H and O–H groups in total. The SMILES string of the molecule is Cc1cc(C)nc(SCCOc2ccc(Cl)cc2)n1. The van der Waals surface area contributed by atoms with E-state index in [0.29, 0.717) is 11.6 Å². The molecule has 0 bridgehead atoms. The van der Waals surface area contributed by atoms with E-state index in [1.807, 2.05) is 44.2 Å². The molecular weight excluding hydrogens is 280 g/mol. The van der Waals surface area contributed by atoms with Gasteiger partial charge in [0.2, 0.25) is 0 Å². The van der Waals surface area contributed by atoms with Gasteiger partial charge in [-0.05, 0) is 44.2 Å². The van der Waals surface area contributed by atoms with Crippen molar-refractivity contribution in [2.75, 3.05) is 12.4 Å². The number of hydrogen-bond acceptors (Lipinski definition) is 4. The minimum absolute atomic E-state index is 0.614. The molecule has 0 radical (unpaired) electrons. The Morgan fingerprint density at radius 1 is 1.11 bits per heavy atom. The first-order valence-electron chi connectivity index (χ1n) is 5.97. The summed E-state index contributed by atoms with van der Waals surface area (Å²) in [4.78, 5) is 8.74.